The number of amides is 1. The number of methoxy groups -OCH3 is 1. The lowest BCUT2D eigenvalue weighted by molar-refractivity contribution is 0.0685. The molecule has 0 N–H and O–H groups in total. The average Bonchev–Trinajstić information content (AvgIpc) is 3.08. The number of fused-ring (bicyclic) bond motifs is 1. The standard InChI is InChI=1S/C21H24N4O2/c1-14-5-4-10-25(13-14)21(26)17-11-19(15-6-8-16(27-3)9-7-15)23-20-18(17)12-22-24(20)2/h6-9,11-12,14H,4-5,10,13H2,1-3H3. The molecule has 4 rings (SSSR count). The number of hydrogen-bond donors (Lipinski definition) is 0. The number of carbonyl (C=O) groups excluding carboxylic acids is 1. The summed E-state index contributed by atoms with van der Waals surface area (Å²) in [6.07, 6.45) is 3.97. The van der Waals surface area contributed by atoms with Gasteiger partial charge in [-0.3, -0.25) is 9.48 Å². The molecule has 1 aromatic carbocycles. The van der Waals surface area contributed by atoms with E-state index in [-0.39, 0.29) is 5.91 Å². The van der Waals surface area contributed by atoms with Gasteiger partial charge < -0.3 is 9.64 Å². The molecule has 1 atom stereocenters. The third-order valence-corrected chi connectivity index (χ3v) is 5.27. The molecule has 6 heteroatoms. The number of likely N-dealkylation sites (tertiary alicyclic amines) is 1. The van der Waals surface area contributed by atoms with Crippen LogP contribution in [-0.4, -0.2) is 45.8 Å². The van der Waals surface area contributed by atoms with Crippen molar-refractivity contribution in [2.24, 2.45) is 13.0 Å². The zero-order valence-corrected chi connectivity index (χ0v) is 16.0. The van der Waals surface area contributed by atoms with Crippen LogP contribution in [0.15, 0.2) is 36.5 Å². The van der Waals surface area contributed by atoms with Gasteiger partial charge in [-0.15, -0.1) is 0 Å². The Hall–Kier alpha value is -2.89. The van der Waals surface area contributed by atoms with E-state index in [0.29, 0.717) is 11.5 Å². The minimum atomic E-state index is 0.0664. The van der Waals surface area contributed by atoms with Crippen LogP contribution in [0, 0.1) is 5.92 Å². The maximum atomic E-state index is 13.3. The molecule has 0 bridgehead atoms. The van der Waals surface area contributed by atoms with Crippen molar-refractivity contribution in [3.63, 3.8) is 0 Å². The van der Waals surface area contributed by atoms with Crippen molar-refractivity contribution >= 4 is 16.9 Å². The summed E-state index contributed by atoms with van der Waals surface area (Å²) in [5.74, 6) is 1.39. The topological polar surface area (TPSA) is 60.2 Å². The fourth-order valence-corrected chi connectivity index (χ4v) is 3.75. The van der Waals surface area contributed by atoms with Gasteiger partial charge in [-0.2, -0.15) is 5.10 Å². The van der Waals surface area contributed by atoms with Crippen LogP contribution in [0.1, 0.15) is 30.1 Å². The number of piperidine rings is 1. The number of rotatable bonds is 3. The SMILES string of the molecule is COc1ccc(-c2cc(C(=O)N3CCCC(C)C3)c3cnn(C)c3n2)cc1. The Bertz CT molecular complexity index is 978. The highest BCUT2D eigenvalue weighted by atomic mass is 16.5. The Balaban J connectivity index is 1.80. The molecule has 3 heterocycles. The zero-order valence-electron chi connectivity index (χ0n) is 16.0. The molecule has 1 saturated heterocycles. The van der Waals surface area contributed by atoms with E-state index in [2.05, 4.69) is 12.0 Å². The normalized spacial score (nSPS) is 17.3. The van der Waals surface area contributed by atoms with Gasteiger partial charge in [0.15, 0.2) is 5.65 Å². The first-order valence-corrected chi connectivity index (χ1v) is 9.33. The number of benzene rings is 1. The third kappa shape index (κ3) is 3.27. The van der Waals surface area contributed by atoms with E-state index in [4.69, 9.17) is 9.72 Å². The largest absolute Gasteiger partial charge is 0.497 e. The van der Waals surface area contributed by atoms with Gasteiger partial charge in [-0.05, 0) is 49.1 Å². The molecule has 2 aromatic heterocycles. The van der Waals surface area contributed by atoms with Crippen LogP contribution in [-0.2, 0) is 7.05 Å². The summed E-state index contributed by atoms with van der Waals surface area (Å²) < 4.78 is 6.96. The predicted octanol–water partition coefficient (Wildman–Crippen LogP) is 3.52. The summed E-state index contributed by atoms with van der Waals surface area (Å²) in [6.45, 7) is 3.82. The molecule has 1 unspecified atom stereocenters. The van der Waals surface area contributed by atoms with Gasteiger partial charge in [0.05, 0.1) is 30.0 Å². The maximum Gasteiger partial charge on any atom is 0.254 e. The number of pyridine rings is 1. The van der Waals surface area contributed by atoms with Crippen LogP contribution in [0.2, 0.25) is 0 Å². The Kier molecular flexibility index (Phi) is 4.56. The highest BCUT2D eigenvalue weighted by molar-refractivity contribution is 6.06. The number of hydrogen-bond acceptors (Lipinski definition) is 4. The quantitative estimate of drug-likeness (QED) is 0.713. The van der Waals surface area contributed by atoms with E-state index in [9.17, 15) is 4.79 Å². The number of nitrogens with zero attached hydrogens (tertiary/aromatic N) is 4. The van der Waals surface area contributed by atoms with Crippen LogP contribution >= 0.6 is 0 Å². The maximum absolute atomic E-state index is 13.3. The van der Waals surface area contributed by atoms with Crippen molar-refractivity contribution in [1.29, 1.82) is 0 Å². The highest BCUT2D eigenvalue weighted by Crippen LogP contribution is 2.28. The first kappa shape index (κ1) is 17.5. The minimum absolute atomic E-state index is 0.0664. The number of carbonyl (C=O) groups is 1. The lowest BCUT2D eigenvalue weighted by atomic mass is 9.99. The van der Waals surface area contributed by atoms with E-state index in [0.717, 1.165) is 47.6 Å². The van der Waals surface area contributed by atoms with Crippen molar-refractivity contribution in [3.8, 4) is 17.0 Å². The van der Waals surface area contributed by atoms with Gasteiger partial charge in [0, 0.05) is 25.7 Å². The first-order valence-electron chi connectivity index (χ1n) is 9.33. The van der Waals surface area contributed by atoms with Crippen molar-refractivity contribution < 1.29 is 9.53 Å². The van der Waals surface area contributed by atoms with E-state index >= 15 is 0 Å². The number of aromatic nitrogens is 3. The summed E-state index contributed by atoms with van der Waals surface area (Å²) in [4.78, 5) is 20.0. The molecule has 0 saturated carbocycles. The van der Waals surface area contributed by atoms with Gasteiger partial charge >= 0.3 is 0 Å². The van der Waals surface area contributed by atoms with Crippen LogP contribution in [0.25, 0.3) is 22.3 Å². The van der Waals surface area contributed by atoms with Crippen LogP contribution in [0.5, 0.6) is 5.75 Å². The smallest absolute Gasteiger partial charge is 0.254 e. The van der Waals surface area contributed by atoms with Gasteiger partial charge in [-0.25, -0.2) is 4.98 Å². The van der Waals surface area contributed by atoms with E-state index < -0.39 is 0 Å². The average molecular weight is 364 g/mol. The lowest BCUT2D eigenvalue weighted by Crippen LogP contribution is -2.39. The van der Waals surface area contributed by atoms with E-state index in [1.54, 1.807) is 18.0 Å². The van der Waals surface area contributed by atoms with E-state index in [1.165, 1.54) is 6.42 Å². The number of ether oxygens (including phenoxy) is 1. The monoisotopic (exact) mass is 364 g/mol. The highest BCUT2D eigenvalue weighted by Gasteiger charge is 2.25. The second-order valence-corrected chi connectivity index (χ2v) is 7.29. The lowest BCUT2D eigenvalue weighted by Gasteiger charge is -2.31. The Morgan fingerprint density at radius 3 is 2.74 bits per heavy atom. The molecule has 3 aromatic rings. The van der Waals surface area contributed by atoms with Gasteiger partial charge in [0.2, 0.25) is 0 Å². The molecule has 1 aliphatic heterocycles. The van der Waals surface area contributed by atoms with Gasteiger partial charge in [-0.1, -0.05) is 6.92 Å². The number of aryl methyl sites for hydroxylation is 1. The van der Waals surface area contributed by atoms with Gasteiger partial charge in [0.1, 0.15) is 5.75 Å². The summed E-state index contributed by atoms with van der Waals surface area (Å²) in [7, 11) is 3.50. The fraction of sp³-hybridized carbons (Fsp3) is 0.381. The second-order valence-electron chi connectivity index (χ2n) is 7.29. The van der Waals surface area contributed by atoms with Crippen molar-refractivity contribution in [2.45, 2.75) is 19.8 Å². The molecule has 6 nitrogen and oxygen atoms in total. The van der Waals surface area contributed by atoms with Crippen LogP contribution in [0.3, 0.4) is 0 Å². The molecule has 1 amide bonds. The van der Waals surface area contributed by atoms with Crippen LogP contribution in [0.4, 0.5) is 0 Å². The summed E-state index contributed by atoms with van der Waals surface area (Å²) in [5, 5.41) is 5.13. The van der Waals surface area contributed by atoms with Crippen molar-refractivity contribution in [3.05, 3.63) is 42.1 Å². The Morgan fingerprint density at radius 2 is 2.04 bits per heavy atom. The molecule has 1 aliphatic rings. The van der Waals surface area contributed by atoms with Gasteiger partial charge in [0.25, 0.3) is 5.91 Å². The zero-order chi connectivity index (χ0) is 19.0. The Labute approximate surface area is 158 Å². The molecule has 0 aliphatic carbocycles. The summed E-state index contributed by atoms with van der Waals surface area (Å²) >= 11 is 0. The minimum Gasteiger partial charge on any atom is -0.497 e. The van der Waals surface area contributed by atoms with E-state index in [1.807, 2.05) is 42.3 Å². The molecule has 0 radical (unpaired) electrons. The molecular weight excluding hydrogens is 340 g/mol. The molecule has 1 fully saturated rings. The predicted molar refractivity (Wildman–Crippen MR) is 105 cm³/mol. The molecule has 0 spiro atoms. The Morgan fingerprint density at radius 1 is 1.26 bits per heavy atom. The first-order chi connectivity index (χ1) is 13.1. The summed E-state index contributed by atoms with van der Waals surface area (Å²) in [5.41, 5.74) is 3.10. The van der Waals surface area contributed by atoms with Crippen LogP contribution < -0.4 is 4.74 Å². The fourth-order valence-electron chi connectivity index (χ4n) is 3.75. The second kappa shape index (κ2) is 7.02. The van der Waals surface area contributed by atoms with Crippen molar-refractivity contribution in [1.82, 2.24) is 19.7 Å². The summed E-state index contributed by atoms with van der Waals surface area (Å²) in [6, 6.07) is 9.62. The van der Waals surface area contributed by atoms with Crippen molar-refractivity contribution in [2.75, 3.05) is 20.2 Å². The molecule has 27 heavy (non-hydrogen) atoms. The molecular formula is C21H24N4O2. The molecule has 140 valence electrons. The third-order valence-electron chi connectivity index (χ3n) is 5.27.